The standard InChI is InChI=1S/C15H22N4O3/c16-14(21)12-5-11(8-17-12)19-13(20)6-10-7-15(9-18-10)1-3-22-4-2-15/h5,8,10,17-18H,1-4,6-7,9H2,(H2,16,21)(H,19,20). The highest BCUT2D eigenvalue weighted by Crippen LogP contribution is 2.39. The molecule has 2 amide bonds. The van der Waals surface area contributed by atoms with E-state index in [1.54, 1.807) is 12.3 Å². The van der Waals surface area contributed by atoms with Gasteiger partial charge in [0.2, 0.25) is 5.91 Å². The van der Waals surface area contributed by atoms with Crippen molar-refractivity contribution >= 4 is 17.5 Å². The minimum atomic E-state index is -0.542. The predicted molar refractivity (Wildman–Crippen MR) is 81.5 cm³/mol. The summed E-state index contributed by atoms with van der Waals surface area (Å²) in [5.41, 5.74) is 6.32. The Kier molecular flexibility index (Phi) is 4.17. The van der Waals surface area contributed by atoms with Gasteiger partial charge in [-0.25, -0.2) is 0 Å². The Bertz CT molecular complexity index is 563. The number of aromatic amines is 1. The maximum Gasteiger partial charge on any atom is 0.265 e. The molecule has 1 aromatic heterocycles. The van der Waals surface area contributed by atoms with Gasteiger partial charge in [0.1, 0.15) is 5.69 Å². The number of primary amides is 1. The predicted octanol–water partition coefficient (Wildman–Crippen LogP) is 0.601. The monoisotopic (exact) mass is 306 g/mol. The highest BCUT2D eigenvalue weighted by molar-refractivity contribution is 5.95. The molecule has 1 atom stereocenters. The van der Waals surface area contributed by atoms with Crippen LogP contribution in [0.15, 0.2) is 12.3 Å². The molecule has 1 unspecified atom stereocenters. The van der Waals surface area contributed by atoms with Crippen molar-refractivity contribution in [2.24, 2.45) is 11.1 Å². The normalized spacial score (nSPS) is 23.5. The Balaban J connectivity index is 1.50. The van der Waals surface area contributed by atoms with Crippen molar-refractivity contribution in [2.75, 3.05) is 25.1 Å². The second kappa shape index (κ2) is 6.10. The molecule has 7 heteroatoms. The first-order valence-electron chi connectivity index (χ1n) is 7.66. The van der Waals surface area contributed by atoms with Crippen molar-refractivity contribution in [3.05, 3.63) is 18.0 Å². The number of aromatic nitrogens is 1. The molecule has 3 rings (SSSR count). The lowest BCUT2D eigenvalue weighted by atomic mass is 9.78. The Morgan fingerprint density at radius 2 is 2.18 bits per heavy atom. The van der Waals surface area contributed by atoms with Crippen molar-refractivity contribution in [1.29, 1.82) is 0 Å². The first kappa shape index (κ1) is 15.1. The van der Waals surface area contributed by atoms with E-state index in [9.17, 15) is 9.59 Å². The van der Waals surface area contributed by atoms with E-state index in [0.29, 0.717) is 17.5 Å². The Labute approximate surface area is 129 Å². The molecule has 0 saturated carbocycles. The smallest absolute Gasteiger partial charge is 0.265 e. The van der Waals surface area contributed by atoms with Crippen molar-refractivity contribution in [3.63, 3.8) is 0 Å². The summed E-state index contributed by atoms with van der Waals surface area (Å²) < 4.78 is 5.42. The van der Waals surface area contributed by atoms with Crippen molar-refractivity contribution < 1.29 is 14.3 Å². The van der Waals surface area contributed by atoms with Gasteiger partial charge in [-0.1, -0.05) is 0 Å². The highest BCUT2D eigenvalue weighted by atomic mass is 16.5. The number of H-pyrrole nitrogens is 1. The Morgan fingerprint density at radius 3 is 2.86 bits per heavy atom. The van der Waals surface area contributed by atoms with Gasteiger partial charge in [-0.3, -0.25) is 9.59 Å². The maximum atomic E-state index is 12.1. The number of rotatable bonds is 4. The van der Waals surface area contributed by atoms with Crippen LogP contribution in [0.2, 0.25) is 0 Å². The fourth-order valence-electron chi connectivity index (χ4n) is 3.40. The molecule has 2 saturated heterocycles. The van der Waals surface area contributed by atoms with Gasteiger partial charge in [0, 0.05) is 38.4 Å². The van der Waals surface area contributed by atoms with Crippen LogP contribution in [0.25, 0.3) is 0 Å². The molecule has 5 N–H and O–H groups in total. The molecule has 7 nitrogen and oxygen atoms in total. The summed E-state index contributed by atoms with van der Waals surface area (Å²) in [6.45, 7) is 2.60. The van der Waals surface area contributed by atoms with E-state index >= 15 is 0 Å². The molecule has 1 aromatic rings. The maximum absolute atomic E-state index is 12.1. The highest BCUT2D eigenvalue weighted by Gasteiger charge is 2.40. The largest absolute Gasteiger partial charge is 0.381 e. The van der Waals surface area contributed by atoms with Gasteiger partial charge in [-0.15, -0.1) is 0 Å². The minimum Gasteiger partial charge on any atom is -0.381 e. The number of hydrogen-bond donors (Lipinski definition) is 4. The van der Waals surface area contributed by atoms with E-state index < -0.39 is 5.91 Å². The molecule has 120 valence electrons. The molecule has 2 aliphatic heterocycles. The summed E-state index contributed by atoms with van der Waals surface area (Å²) in [5.74, 6) is -0.601. The molecule has 0 radical (unpaired) electrons. The van der Waals surface area contributed by atoms with Crippen LogP contribution in [0.4, 0.5) is 5.69 Å². The molecular formula is C15H22N4O3. The van der Waals surface area contributed by atoms with Gasteiger partial charge < -0.3 is 26.1 Å². The van der Waals surface area contributed by atoms with Crippen LogP contribution in [0.1, 0.15) is 36.2 Å². The molecule has 0 aromatic carbocycles. The van der Waals surface area contributed by atoms with E-state index in [-0.39, 0.29) is 17.6 Å². The number of nitrogens with two attached hydrogens (primary N) is 1. The van der Waals surface area contributed by atoms with E-state index in [0.717, 1.165) is 39.0 Å². The van der Waals surface area contributed by atoms with Crippen LogP contribution >= 0.6 is 0 Å². The third-order valence-electron chi connectivity index (χ3n) is 4.66. The quantitative estimate of drug-likeness (QED) is 0.653. The number of carbonyl (C=O) groups is 2. The lowest BCUT2D eigenvalue weighted by Gasteiger charge is -2.32. The van der Waals surface area contributed by atoms with Crippen LogP contribution in [0.5, 0.6) is 0 Å². The first-order valence-corrected chi connectivity index (χ1v) is 7.66. The third-order valence-corrected chi connectivity index (χ3v) is 4.66. The molecule has 2 aliphatic rings. The average molecular weight is 306 g/mol. The summed E-state index contributed by atoms with van der Waals surface area (Å²) in [5, 5.41) is 6.25. The van der Waals surface area contributed by atoms with Gasteiger partial charge in [0.25, 0.3) is 5.91 Å². The zero-order valence-electron chi connectivity index (χ0n) is 12.5. The summed E-state index contributed by atoms with van der Waals surface area (Å²) in [4.78, 5) is 25.9. The van der Waals surface area contributed by atoms with Gasteiger partial charge in [0.05, 0.1) is 5.69 Å². The fraction of sp³-hybridized carbons (Fsp3) is 0.600. The van der Waals surface area contributed by atoms with Crippen LogP contribution < -0.4 is 16.4 Å². The molecule has 0 aliphatic carbocycles. The Hall–Kier alpha value is -1.86. The van der Waals surface area contributed by atoms with E-state index in [4.69, 9.17) is 10.5 Å². The first-order chi connectivity index (χ1) is 10.6. The SMILES string of the molecule is NC(=O)c1cc(NC(=O)CC2CC3(CCOCC3)CN2)c[nH]1. The number of amides is 2. The molecule has 1 spiro atoms. The van der Waals surface area contributed by atoms with Crippen LogP contribution in [0.3, 0.4) is 0 Å². The average Bonchev–Trinajstić information content (AvgIpc) is 3.08. The molecule has 3 heterocycles. The summed E-state index contributed by atoms with van der Waals surface area (Å²) in [6.07, 6.45) is 5.15. The summed E-state index contributed by atoms with van der Waals surface area (Å²) in [6, 6.07) is 1.75. The molecule has 0 bridgehead atoms. The van der Waals surface area contributed by atoms with E-state index in [1.165, 1.54) is 0 Å². The Morgan fingerprint density at radius 1 is 1.41 bits per heavy atom. The lowest BCUT2D eigenvalue weighted by molar-refractivity contribution is -0.116. The molecular weight excluding hydrogens is 284 g/mol. The van der Waals surface area contributed by atoms with Crippen LogP contribution in [-0.2, 0) is 9.53 Å². The number of anilines is 1. The minimum absolute atomic E-state index is 0.0587. The second-order valence-electron chi connectivity index (χ2n) is 6.31. The third kappa shape index (κ3) is 3.31. The van der Waals surface area contributed by atoms with Crippen LogP contribution in [-0.4, -0.2) is 42.6 Å². The molecule has 22 heavy (non-hydrogen) atoms. The summed E-state index contributed by atoms with van der Waals surface area (Å²) >= 11 is 0. The second-order valence-corrected chi connectivity index (χ2v) is 6.31. The number of ether oxygens (including phenoxy) is 1. The lowest BCUT2D eigenvalue weighted by Crippen LogP contribution is -2.31. The zero-order valence-corrected chi connectivity index (χ0v) is 12.5. The van der Waals surface area contributed by atoms with Gasteiger partial charge in [-0.2, -0.15) is 0 Å². The number of nitrogens with one attached hydrogen (secondary N) is 3. The topological polar surface area (TPSA) is 109 Å². The zero-order chi connectivity index (χ0) is 15.6. The molecule has 2 fully saturated rings. The van der Waals surface area contributed by atoms with Gasteiger partial charge in [0.15, 0.2) is 0 Å². The van der Waals surface area contributed by atoms with Crippen molar-refractivity contribution in [3.8, 4) is 0 Å². The van der Waals surface area contributed by atoms with E-state index in [2.05, 4.69) is 15.6 Å². The van der Waals surface area contributed by atoms with E-state index in [1.807, 2.05) is 0 Å². The van der Waals surface area contributed by atoms with Crippen molar-refractivity contribution in [2.45, 2.75) is 31.7 Å². The summed E-state index contributed by atoms with van der Waals surface area (Å²) in [7, 11) is 0. The number of carbonyl (C=O) groups excluding carboxylic acids is 2. The van der Waals surface area contributed by atoms with Crippen LogP contribution in [0, 0.1) is 5.41 Å². The van der Waals surface area contributed by atoms with Gasteiger partial charge >= 0.3 is 0 Å². The van der Waals surface area contributed by atoms with Gasteiger partial charge in [-0.05, 0) is 30.7 Å². The fourth-order valence-corrected chi connectivity index (χ4v) is 3.40. The van der Waals surface area contributed by atoms with Crippen molar-refractivity contribution in [1.82, 2.24) is 10.3 Å². The number of hydrogen-bond acceptors (Lipinski definition) is 4.